The first kappa shape index (κ1) is 37.7. The summed E-state index contributed by atoms with van der Waals surface area (Å²) in [6.45, 7) is 0. The molecule has 0 N–H and O–H groups in total. The molecule has 0 aliphatic carbocycles. The van der Waals surface area contributed by atoms with Gasteiger partial charge in [-0.25, -0.2) is 9.97 Å². The zero-order valence-electron chi connectivity index (χ0n) is 35.9. The Kier molecular flexibility index (Phi) is 8.85. The second-order valence-electron chi connectivity index (χ2n) is 17.1. The van der Waals surface area contributed by atoms with E-state index in [1.807, 2.05) is 12.3 Å². The molecule has 66 heavy (non-hydrogen) atoms. The molecule has 13 aromatic rings. The first-order valence-corrected chi connectivity index (χ1v) is 22.5. The number of hydrogen-bond acceptors (Lipinski definition) is 3. The molecule has 0 spiro atoms. The van der Waals surface area contributed by atoms with Gasteiger partial charge in [-0.2, -0.15) is 0 Å². The number of pyridine rings is 1. The van der Waals surface area contributed by atoms with E-state index in [4.69, 9.17) is 9.97 Å². The standard InChI is InChI=1S/C63H39N3/c1-2-14-48-46(12-1)36-57(52-18-5-3-15-49(48)52)41-25-31-44(32-26-41)61-38-60(43-29-23-40(24-30-43)47-13-11-35-64-39-47)65-63(66-61)45-33-27-42(28-34-45)58-37-59-53-19-6-4-16-50(53)51-17-7-9-21-55(51)62(59)56-22-10-8-20-54(56)58/h1-39H. The third kappa shape index (κ3) is 6.32. The van der Waals surface area contributed by atoms with E-state index >= 15 is 0 Å². The largest absolute Gasteiger partial charge is 0.264 e. The Morgan fingerprint density at radius 1 is 0.258 bits per heavy atom. The number of nitrogens with zero attached hydrogens (tertiary/aromatic N) is 3. The molecule has 0 saturated carbocycles. The number of benzene rings is 11. The van der Waals surface area contributed by atoms with Gasteiger partial charge in [-0.05, 0) is 122 Å². The Hall–Kier alpha value is -8.79. The quantitative estimate of drug-likeness (QED) is 0.157. The van der Waals surface area contributed by atoms with Crippen LogP contribution >= 0.6 is 0 Å². The Bertz CT molecular complexity index is 4010. The van der Waals surface area contributed by atoms with Gasteiger partial charge in [-0.1, -0.05) is 200 Å². The van der Waals surface area contributed by atoms with Crippen molar-refractivity contribution < 1.29 is 0 Å². The van der Waals surface area contributed by atoms with Crippen LogP contribution in [-0.4, -0.2) is 15.0 Å². The lowest BCUT2D eigenvalue weighted by Gasteiger charge is -2.16. The lowest BCUT2D eigenvalue weighted by atomic mass is 9.87. The molecule has 2 heterocycles. The van der Waals surface area contributed by atoms with E-state index in [0.29, 0.717) is 5.82 Å². The normalized spacial score (nSPS) is 11.6. The first-order chi connectivity index (χ1) is 32.7. The Morgan fingerprint density at radius 2 is 0.682 bits per heavy atom. The summed E-state index contributed by atoms with van der Waals surface area (Å²) in [5.74, 6) is 0.677. The fourth-order valence-corrected chi connectivity index (χ4v) is 10.2. The summed E-state index contributed by atoms with van der Waals surface area (Å²) in [7, 11) is 0. The molecule has 3 nitrogen and oxygen atoms in total. The minimum Gasteiger partial charge on any atom is -0.264 e. The summed E-state index contributed by atoms with van der Waals surface area (Å²) in [6.07, 6.45) is 3.70. The number of rotatable bonds is 6. The van der Waals surface area contributed by atoms with Crippen molar-refractivity contribution in [2.45, 2.75) is 0 Å². The van der Waals surface area contributed by atoms with Gasteiger partial charge in [0, 0.05) is 29.1 Å². The number of aromatic nitrogens is 3. The third-order valence-corrected chi connectivity index (χ3v) is 13.4. The molecule has 0 amide bonds. The molecular weight excluding hydrogens is 799 g/mol. The Morgan fingerprint density at radius 3 is 1.27 bits per heavy atom. The van der Waals surface area contributed by atoms with Crippen LogP contribution < -0.4 is 0 Å². The van der Waals surface area contributed by atoms with Crippen LogP contribution in [0.3, 0.4) is 0 Å². The molecule has 11 aromatic carbocycles. The fourth-order valence-electron chi connectivity index (χ4n) is 10.2. The van der Waals surface area contributed by atoms with Crippen LogP contribution in [0.4, 0.5) is 0 Å². The molecule has 0 bridgehead atoms. The second kappa shape index (κ2) is 15.5. The highest BCUT2D eigenvalue weighted by molar-refractivity contribution is 6.33. The molecule has 0 saturated heterocycles. The van der Waals surface area contributed by atoms with Crippen LogP contribution in [0, 0.1) is 0 Å². The zero-order chi connectivity index (χ0) is 43.6. The third-order valence-electron chi connectivity index (χ3n) is 13.4. The second-order valence-corrected chi connectivity index (χ2v) is 17.1. The predicted molar refractivity (Wildman–Crippen MR) is 277 cm³/mol. The number of fused-ring (bicyclic) bond motifs is 11. The highest BCUT2D eigenvalue weighted by atomic mass is 14.9. The number of hydrogen-bond donors (Lipinski definition) is 0. The van der Waals surface area contributed by atoms with Gasteiger partial charge in [0.1, 0.15) is 0 Å². The average molecular weight is 838 g/mol. The smallest absolute Gasteiger partial charge is 0.160 e. The van der Waals surface area contributed by atoms with Crippen LogP contribution in [0.15, 0.2) is 237 Å². The van der Waals surface area contributed by atoms with Gasteiger partial charge in [0.25, 0.3) is 0 Å². The van der Waals surface area contributed by atoms with Gasteiger partial charge in [0.2, 0.25) is 0 Å². The van der Waals surface area contributed by atoms with Crippen molar-refractivity contribution in [3.63, 3.8) is 0 Å². The van der Waals surface area contributed by atoms with Crippen LogP contribution in [0.2, 0.25) is 0 Å². The monoisotopic (exact) mass is 837 g/mol. The molecule has 3 heteroatoms. The molecule has 0 unspecified atom stereocenters. The van der Waals surface area contributed by atoms with Crippen molar-refractivity contribution in [2.24, 2.45) is 0 Å². The van der Waals surface area contributed by atoms with E-state index in [1.54, 1.807) is 6.20 Å². The van der Waals surface area contributed by atoms with Crippen LogP contribution in [0.5, 0.6) is 0 Å². The first-order valence-electron chi connectivity index (χ1n) is 22.5. The minimum absolute atomic E-state index is 0.677. The molecule has 0 fully saturated rings. The van der Waals surface area contributed by atoms with Crippen molar-refractivity contribution in [1.29, 1.82) is 0 Å². The van der Waals surface area contributed by atoms with Crippen molar-refractivity contribution >= 4 is 64.6 Å². The molecule has 0 atom stereocenters. The zero-order valence-corrected chi connectivity index (χ0v) is 35.9. The van der Waals surface area contributed by atoms with E-state index in [2.05, 4.69) is 223 Å². The van der Waals surface area contributed by atoms with Crippen molar-refractivity contribution in [3.05, 3.63) is 237 Å². The summed E-state index contributed by atoms with van der Waals surface area (Å²) in [5, 5.41) is 15.1. The van der Waals surface area contributed by atoms with Gasteiger partial charge in [-0.3, -0.25) is 4.98 Å². The van der Waals surface area contributed by atoms with Gasteiger partial charge in [0.15, 0.2) is 5.82 Å². The molecule has 0 radical (unpaired) electrons. The lowest BCUT2D eigenvalue weighted by Crippen LogP contribution is -1.96. The molecule has 0 aliphatic rings. The van der Waals surface area contributed by atoms with Gasteiger partial charge >= 0.3 is 0 Å². The SMILES string of the molecule is c1cncc(-c2ccc(-c3cc(-c4ccc(-c5cc6ccccc6c6ccccc56)cc4)nc(-c4ccc(-c5cc6c7ccccc7c7ccccc7c6c6ccccc56)cc4)n3)cc2)c1. The topological polar surface area (TPSA) is 38.7 Å². The highest BCUT2D eigenvalue weighted by Gasteiger charge is 2.17. The van der Waals surface area contributed by atoms with Crippen LogP contribution in [0.25, 0.3) is 132 Å². The molecule has 13 rings (SSSR count). The molecular formula is C63H39N3. The van der Waals surface area contributed by atoms with Gasteiger partial charge < -0.3 is 0 Å². The fraction of sp³-hybridized carbons (Fsp3) is 0. The summed E-state index contributed by atoms with van der Waals surface area (Å²) in [4.78, 5) is 14.9. The molecule has 0 aliphatic heterocycles. The summed E-state index contributed by atoms with van der Waals surface area (Å²) in [5.41, 5.74) is 11.6. The van der Waals surface area contributed by atoms with Gasteiger partial charge in [-0.15, -0.1) is 0 Å². The Balaban J connectivity index is 0.932. The molecule has 306 valence electrons. The van der Waals surface area contributed by atoms with E-state index in [1.165, 1.54) is 81.3 Å². The maximum Gasteiger partial charge on any atom is 0.160 e. The minimum atomic E-state index is 0.677. The van der Waals surface area contributed by atoms with E-state index < -0.39 is 0 Å². The van der Waals surface area contributed by atoms with Crippen molar-refractivity contribution in [3.8, 4) is 67.3 Å². The molecule has 2 aromatic heterocycles. The highest BCUT2D eigenvalue weighted by Crippen LogP contribution is 2.43. The van der Waals surface area contributed by atoms with Crippen LogP contribution in [0.1, 0.15) is 0 Å². The van der Waals surface area contributed by atoms with Crippen molar-refractivity contribution in [1.82, 2.24) is 15.0 Å². The van der Waals surface area contributed by atoms with E-state index in [0.717, 1.165) is 44.8 Å². The summed E-state index contributed by atoms with van der Waals surface area (Å²) < 4.78 is 0. The van der Waals surface area contributed by atoms with Crippen molar-refractivity contribution in [2.75, 3.05) is 0 Å². The van der Waals surface area contributed by atoms with Gasteiger partial charge in [0.05, 0.1) is 11.4 Å². The van der Waals surface area contributed by atoms with Crippen LogP contribution in [-0.2, 0) is 0 Å². The lowest BCUT2D eigenvalue weighted by molar-refractivity contribution is 1.18. The maximum atomic E-state index is 5.29. The summed E-state index contributed by atoms with van der Waals surface area (Å²) >= 11 is 0. The predicted octanol–water partition coefficient (Wildman–Crippen LogP) is 16.8. The maximum absolute atomic E-state index is 5.29. The van der Waals surface area contributed by atoms with E-state index in [-0.39, 0.29) is 0 Å². The average Bonchev–Trinajstić information content (AvgIpc) is 3.40. The van der Waals surface area contributed by atoms with E-state index in [9.17, 15) is 0 Å². The summed E-state index contributed by atoms with van der Waals surface area (Å²) in [6, 6.07) is 80.9. The Labute approximate surface area is 382 Å².